The highest BCUT2D eigenvalue weighted by atomic mass is 16.6. The molecule has 2 rings (SSSR count). The van der Waals surface area contributed by atoms with Crippen LogP contribution in [0.15, 0.2) is 53.2 Å². The number of carbonyl (C=O) groups excluding carboxylic acids is 1. The molecule has 0 fully saturated rings. The van der Waals surface area contributed by atoms with Crippen molar-refractivity contribution in [1.29, 1.82) is 0 Å². The largest absolute Gasteiger partial charge is 0.407 e. The molecule has 3 heteroatoms. The highest BCUT2D eigenvalue weighted by Crippen LogP contribution is 2.10. The number of cyclic esters (lactones) is 1. The van der Waals surface area contributed by atoms with Crippen LogP contribution in [0, 0.1) is 0 Å². The van der Waals surface area contributed by atoms with Gasteiger partial charge in [-0.1, -0.05) is 42.5 Å². The second-order valence-electron chi connectivity index (χ2n) is 3.34. The van der Waals surface area contributed by atoms with Crippen molar-refractivity contribution in [2.75, 3.05) is 0 Å². The van der Waals surface area contributed by atoms with Gasteiger partial charge in [-0.3, -0.25) is 0 Å². The predicted molar refractivity (Wildman–Crippen MR) is 62.8 cm³/mol. The molecule has 0 unspecified atom stereocenters. The Bertz CT molecular complexity index is 484. The Balaban J connectivity index is 2.10. The van der Waals surface area contributed by atoms with Crippen molar-refractivity contribution < 1.29 is 9.53 Å². The summed E-state index contributed by atoms with van der Waals surface area (Å²) in [5, 5.41) is 0. The summed E-state index contributed by atoms with van der Waals surface area (Å²) < 4.78 is 4.79. The van der Waals surface area contributed by atoms with Gasteiger partial charge in [-0.15, -0.1) is 0 Å². The van der Waals surface area contributed by atoms with E-state index in [0.29, 0.717) is 11.6 Å². The first-order valence-corrected chi connectivity index (χ1v) is 4.96. The van der Waals surface area contributed by atoms with Crippen molar-refractivity contribution in [2.24, 2.45) is 4.99 Å². The van der Waals surface area contributed by atoms with E-state index in [9.17, 15) is 4.79 Å². The molecule has 1 aromatic carbocycles. The lowest BCUT2D eigenvalue weighted by Gasteiger charge is -1.89. The van der Waals surface area contributed by atoms with E-state index >= 15 is 0 Å². The molecule has 80 valence electrons. The number of hydrogen-bond donors (Lipinski definition) is 0. The van der Waals surface area contributed by atoms with E-state index in [2.05, 4.69) is 4.99 Å². The zero-order valence-corrected chi connectivity index (χ0v) is 8.88. The van der Waals surface area contributed by atoms with Gasteiger partial charge in [0.2, 0.25) is 0 Å². The van der Waals surface area contributed by atoms with Gasteiger partial charge in [-0.05, 0) is 11.6 Å². The van der Waals surface area contributed by atoms with Crippen LogP contribution in [0.4, 0.5) is 0 Å². The number of allylic oxidation sites excluding steroid dienone is 2. The SMILES string of the molecule is CC1=N/C(=C\C=C/c2ccccc2)C(=O)O1. The van der Waals surface area contributed by atoms with E-state index in [1.54, 1.807) is 19.1 Å². The Morgan fingerprint density at radius 2 is 2.00 bits per heavy atom. The second-order valence-corrected chi connectivity index (χ2v) is 3.34. The molecule has 0 aromatic heterocycles. The lowest BCUT2D eigenvalue weighted by molar-refractivity contribution is -0.130. The Labute approximate surface area is 93.8 Å². The zero-order valence-electron chi connectivity index (χ0n) is 8.88. The van der Waals surface area contributed by atoms with E-state index in [0.717, 1.165) is 5.56 Å². The summed E-state index contributed by atoms with van der Waals surface area (Å²) in [4.78, 5) is 15.1. The third-order valence-electron chi connectivity index (χ3n) is 2.07. The number of carbonyl (C=O) groups is 1. The molecule has 0 saturated carbocycles. The van der Waals surface area contributed by atoms with Crippen molar-refractivity contribution in [3.8, 4) is 0 Å². The van der Waals surface area contributed by atoms with Crippen molar-refractivity contribution in [3.63, 3.8) is 0 Å². The van der Waals surface area contributed by atoms with Crippen LogP contribution in [0.2, 0.25) is 0 Å². The maximum Gasteiger partial charge on any atom is 0.363 e. The average Bonchev–Trinajstić information content (AvgIpc) is 2.59. The number of aliphatic imine (C=N–C) groups is 1. The van der Waals surface area contributed by atoms with E-state index < -0.39 is 5.97 Å². The molecule has 0 atom stereocenters. The Hall–Kier alpha value is -2.16. The fourth-order valence-corrected chi connectivity index (χ4v) is 1.34. The average molecular weight is 213 g/mol. The highest BCUT2D eigenvalue weighted by Gasteiger charge is 2.18. The monoisotopic (exact) mass is 213 g/mol. The molecule has 0 bridgehead atoms. The highest BCUT2D eigenvalue weighted by molar-refractivity contribution is 6.03. The summed E-state index contributed by atoms with van der Waals surface area (Å²) in [6.45, 7) is 1.65. The normalized spacial score (nSPS) is 17.9. The van der Waals surface area contributed by atoms with Gasteiger partial charge in [-0.2, -0.15) is 0 Å². The van der Waals surface area contributed by atoms with Gasteiger partial charge in [0, 0.05) is 6.92 Å². The van der Waals surface area contributed by atoms with Crippen molar-refractivity contribution >= 4 is 17.9 Å². The van der Waals surface area contributed by atoms with E-state index in [4.69, 9.17) is 4.74 Å². The summed E-state index contributed by atoms with van der Waals surface area (Å²) in [6, 6.07) is 9.84. The van der Waals surface area contributed by atoms with E-state index in [1.807, 2.05) is 36.4 Å². The third-order valence-corrected chi connectivity index (χ3v) is 2.07. The molecule has 0 aliphatic carbocycles. The van der Waals surface area contributed by atoms with Crippen LogP contribution < -0.4 is 0 Å². The van der Waals surface area contributed by atoms with Gasteiger partial charge >= 0.3 is 5.97 Å². The molecular formula is C13H11NO2. The first-order chi connectivity index (χ1) is 7.75. The molecule has 16 heavy (non-hydrogen) atoms. The van der Waals surface area contributed by atoms with Crippen LogP contribution in [-0.2, 0) is 9.53 Å². The molecule has 0 amide bonds. The van der Waals surface area contributed by atoms with Gasteiger partial charge in [-0.25, -0.2) is 9.79 Å². The molecule has 0 radical (unpaired) electrons. The molecule has 1 heterocycles. The van der Waals surface area contributed by atoms with Gasteiger partial charge in [0.25, 0.3) is 0 Å². The van der Waals surface area contributed by atoms with Gasteiger partial charge in [0.1, 0.15) is 0 Å². The first kappa shape index (κ1) is 10.4. The quantitative estimate of drug-likeness (QED) is 0.559. The summed E-state index contributed by atoms with van der Waals surface area (Å²) in [6.07, 6.45) is 5.34. The van der Waals surface area contributed by atoms with Gasteiger partial charge < -0.3 is 4.74 Å². The van der Waals surface area contributed by atoms with Crippen LogP contribution in [0.5, 0.6) is 0 Å². The molecule has 0 N–H and O–H groups in total. The van der Waals surface area contributed by atoms with Crippen LogP contribution in [0.25, 0.3) is 6.08 Å². The molecule has 0 spiro atoms. The topological polar surface area (TPSA) is 38.7 Å². The predicted octanol–water partition coefficient (Wildman–Crippen LogP) is 2.56. The van der Waals surface area contributed by atoms with Gasteiger partial charge in [0.15, 0.2) is 11.6 Å². The van der Waals surface area contributed by atoms with Crippen LogP contribution in [0.3, 0.4) is 0 Å². The Kier molecular flexibility index (Phi) is 2.96. The smallest absolute Gasteiger partial charge is 0.363 e. The number of rotatable bonds is 2. The lowest BCUT2D eigenvalue weighted by atomic mass is 10.2. The molecular weight excluding hydrogens is 202 g/mol. The summed E-state index contributed by atoms with van der Waals surface area (Å²) in [7, 11) is 0. The standard InChI is InChI=1S/C13H11NO2/c1-10-14-12(13(15)16-10)9-5-8-11-6-3-2-4-7-11/h2-9H,1H3/b8-5-,12-9-. The van der Waals surface area contributed by atoms with Crippen molar-refractivity contribution in [2.45, 2.75) is 6.92 Å². The van der Waals surface area contributed by atoms with Crippen LogP contribution >= 0.6 is 0 Å². The Morgan fingerprint density at radius 3 is 2.62 bits per heavy atom. The fourth-order valence-electron chi connectivity index (χ4n) is 1.34. The maximum atomic E-state index is 11.2. The number of nitrogens with zero attached hydrogens (tertiary/aromatic N) is 1. The van der Waals surface area contributed by atoms with E-state index in [-0.39, 0.29) is 0 Å². The first-order valence-electron chi connectivity index (χ1n) is 4.96. The summed E-state index contributed by atoms with van der Waals surface area (Å²) in [5.41, 5.74) is 1.41. The zero-order chi connectivity index (χ0) is 11.4. The third kappa shape index (κ3) is 2.45. The molecule has 3 nitrogen and oxygen atoms in total. The minimum absolute atomic E-state index is 0.338. The summed E-state index contributed by atoms with van der Waals surface area (Å²) in [5.74, 6) is -0.000396. The Morgan fingerprint density at radius 1 is 1.25 bits per heavy atom. The van der Waals surface area contributed by atoms with Crippen molar-refractivity contribution in [3.05, 3.63) is 53.7 Å². The van der Waals surface area contributed by atoms with Crippen LogP contribution in [-0.4, -0.2) is 11.9 Å². The van der Waals surface area contributed by atoms with E-state index in [1.165, 1.54) is 0 Å². The number of benzene rings is 1. The number of hydrogen-bond acceptors (Lipinski definition) is 3. The number of esters is 1. The maximum absolute atomic E-state index is 11.2. The minimum Gasteiger partial charge on any atom is -0.407 e. The lowest BCUT2D eigenvalue weighted by Crippen LogP contribution is -1.99. The fraction of sp³-hybridized carbons (Fsp3) is 0.0769. The molecule has 1 aliphatic rings. The number of ether oxygens (including phenoxy) is 1. The molecule has 1 aliphatic heterocycles. The molecule has 0 saturated heterocycles. The van der Waals surface area contributed by atoms with Crippen LogP contribution in [0.1, 0.15) is 12.5 Å². The van der Waals surface area contributed by atoms with Crippen molar-refractivity contribution in [1.82, 2.24) is 0 Å². The second kappa shape index (κ2) is 4.57. The molecule has 1 aromatic rings. The summed E-state index contributed by atoms with van der Waals surface area (Å²) >= 11 is 0. The minimum atomic E-state index is -0.393. The van der Waals surface area contributed by atoms with Gasteiger partial charge in [0.05, 0.1) is 0 Å².